The highest BCUT2D eigenvalue weighted by Gasteiger charge is 2.57. The number of fused-ring (bicyclic) bond motifs is 2. The van der Waals surface area contributed by atoms with Gasteiger partial charge in [0.05, 0.1) is 17.5 Å². The number of hydrogen-bond acceptors (Lipinski definition) is 4. The summed E-state index contributed by atoms with van der Waals surface area (Å²) >= 11 is 0. The molecule has 3 aromatic rings. The molecule has 5 nitrogen and oxygen atoms in total. The second-order valence-electron chi connectivity index (χ2n) is 9.22. The summed E-state index contributed by atoms with van der Waals surface area (Å²) in [5.41, 5.74) is 3.66. The molecule has 2 fully saturated rings. The minimum absolute atomic E-state index is 0.153. The number of rotatable bonds is 4. The van der Waals surface area contributed by atoms with E-state index in [-0.39, 0.29) is 11.9 Å². The summed E-state index contributed by atoms with van der Waals surface area (Å²) in [4.78, 5) is 31.9. The predicted octanol–water partition coefficient (Wildman–Crippen LogP) is 4.58. The fourth-order valence-electron chi connectivity index (χ4n) is 5.24. The van der Waals surface area contributed by atoms with Crippen LogP contribution in [0.15, 0.2) is 73.1 Å². The van der Waals surface area contributed by atoms with Crippen LogP contribution in [0.1, 0.15) is 51.9 Å². The van der Waals surface area contributed by atoms with Crippen molar-refractivity contribution in [1.29, 1.82) is 0 Å². The number of likely N-dealkylation sites (tertiary alicyclic amines) is 1. The second kappa shape index (κ2) is 7.41. The number of benzene rings is 2. The normalized spacial score (nSPS) is 22.5. The topological polar surface area (TPSA) is 59.5 Å². The molecule has 1 amide bonds. The number of amides is 1. The molecular formula is C28H24N2O3. The zero-order valence-corrected chi connectivity index (χ0v) is 18.2. The van der Waals surface area contributed by atoms with E-state index in [0.29, 0.717) is 25.1 Å². The van der Waals surface area contributed by atoms with E-state index >= 15 is 0 Å². The van der Waals surface area contributed by atoms with Crippen LogP contribution in [0.3, 0.4) is 0 Å². The first-order valence-corrected chi connectivity index (χ1v) is 11.4. The fraction of sp³-hybridized carbons (Fsp3) is 0.250. The largest absolute Gasteiger partial charge is 0.449 e. The molecule has 1 saturated heterocycles. The van der Waals surface area contributed by atoms with Crippen LogP contribution in [-0.4, -0.2) is 34.8 Å². The van der Waals surface area contributed by atoms with Gasteiger partial charge in [0.25, 0.3) is 0 Å². The van der Waals surface area contributed by atoms with Crippen molar-refractivity contribution in [2.45, 2.75) is 30.3 Å². The minimum atomic E-state index is -0.693. The molecule has 1 spiro atoms. The van der Waals surface area contributed by atoms with Gasteiger partial charge in [-0.2, -0.15) is 0 Å². The lowest BCUT2D eigenvalue weighted by Crippen LogP contribution is -2.40. The van der Waals surface area contributed by atoms with E-state index in [1.807, 2.05) is 41.3 Å². The first-order valence-electron chi connectivity index (χ1n) is 11.4. The number of hydrogen-bond donors (Lipinski definition) is 0. The Kier molecular flexibility index (Phi) is 4.47. The van der Waals surface area contributed by atoms with Gasteiger partial charge in [0.2, 0.25) is 5.91 Å². The lowest BCUT2D eigenvalue weighted by Gasteiger charge is -2.27. The lowest BCUT2D eigenvalue weighted by atomic mass is 9.91. The molecule has 0 radical (unpaired) electrons. The maximum absolute atomic E-state index is 13.6. The van der Waals surface area contributed by atoms with Crippen molar-refractivity contribution in [2.75, 3.05) is 13.1 Å². The SMILES string of the molecule is O=C1OC2(CCN(C(=O)C3(c4ccc(C=Cc5ccncc5)cc4)CC3)C2)c2ccccc21. The molecule has 1 unspecified atom stereocenters. The Morgan fingerprint density at radius 1 is 0.909 bits per heavy atom. The number of pyridine rings is 1. The number of ether oxygens (including phenoxy) is 1. The van der Waals surface area contributed by atoms with Gasteiger partial charge in [-0.25, -0.2) is 4.79 Å². The quantitative estimate of drug-likeness (QED) is 0.562. The van der Waals surface area contributed by atoms with E-state index in [2.05, 4.69) is 41.4 Å². The standard InChI is InChI=1S/C28H24N2O3/c31-25-23-3-1-2-4-24(23)28(33-25)15-18-30(19-28)26(32)27(13-14-27)22-9-7-20(8-10-22)5-6-21-11-16-29-17-12-21/h1-12,16-17H,13-15,18-19H2. The molecule has 2 aliphatic heterocycles. The summed E-state index contributed by atoms with van der Waals surface area (Å²) in [5, 5.41) is 0. The average molecular weight is 437 g/mol. The van der Waals surface area contributed by atoms with E-state index < -0.39 is 11.0 Å². The monoisotopic (exact) mass is 436 g/mol. The minimum Gasteiger partial charge on any atom is -0.449 e. The van der Waals surface area contributed by atoms with Crippen LogP contribution in [0.4, 0.5) is 0 Å². The third-order valence-electron chi connectivity index (χ3n) is 7.24. The average Bonchev–Trinajstić information content (AvgIpc) is 3.49. The highest BCUT2D eigenvalue weighted by Crippen LogP contribution is 2.52. The van der Waals surface area contributed by atoms with E-state index in [0.717, 1.165) is 35.1 Å². The Balaban J connectivity index is 1.19. The van der Waals surface area contributed by atoms with Crippen LogP contribution in [0, 0.1) is 0 Å². The molecule has 0 N–H and O–H groups in total. The predicted molar refractivity (Wildman–Crippen MR) is 125 cm³/mol. The Morgan fingerprint density at radius 3 is 2.33 bits per heavy atom. The first-order chi connectivity index (χ1) is 16.1. The van der Waals surface area contributed by atoms with E-state index in [1.54, 1.807) is 12.4 Å². The number of aromatic nitrogens is 1. The highest BCUT2D eigenvalue weighted by atomic mass is 16.6. The van der Waals surface area contributed by atoms with E-state index in [9.17, 15) is 9.59 Å². The van der Waals surface area contributed by atoms with Crippen LogP contribution in [0.25, 0.3) is 12.2 Å². The van der Waals surface area contributed by atoms with Crippen LogP contribution >= 0.6 is 0 Å². The van der Waals surface area contributed by atoms with Gasteiger partial charge in [0.1, 0.15) is 0 Å². The molecule has 0 bridgehead atoms. The van der Waals surface area contributed by atoms with Gasteiger partial charge in [-0.3, -0.25) is 9.78 Å². The van der Waals surface area contributed by atoms with Gasteiger partial charge in [-0.05, 0) is 47.7 Å². The van der Waals surface area contributed by atoms with Crippen molar-refractivity contribution >= 4 is 24.0 Å². The van der Waals surface area contributed by atoms with Crippen molar-refractivity contribution in [3.63, 3.8) is 0 Å². The molecular weight excluding hydrogens is 412 g/mol. The van der Waals surface area contributed by atoms with Crippen molar-refractivity contribution in [3.8, 4) is 0 Å². The van der Waals surface area contributed by atoms with Crippen LogP contribution in [0.2, 0.25) is 0 Å². The zero-order valence-electron chi connectivity index (χ0n) is 18.2. The molecule has 2 aromatic carbocycles. The summed E-state index contributed by atoms with van der Waals surface area (Å²) in [6, 6.07) is 19.8. The molecule has 1 aromatic heterocycles. The smallest absolute Gasteiger partial charge is 0.339 e. The second-order valence-corrected chi connectivity index (χ2v) is 9.22. The Morgan fingerprint density at radius 2 is 1.61 bits per heavy atom. The number of carbonyl (C=O) groups excluding carboxylic acids is 2. The number of nitrogens with zero attached hydrogens (tertiary/aromatic N) is 2. The van der Waals surface area contributed by atoms with Crippen molar-refractivity contribution < 1.29 is 14.3 Å². The molecule has 1 aliphatic carbocycles. The summed E-state index contributed by atoms with van der Waals surface area (Å²) < 4.78 is 5.83. The maximum Gasteiger partial charge on any atom is 0.339 e. The molecule has 3 aliphatic rings. The van der Waals surface area contributed by atoms with Gasteiger partial charge < -0.3 is 9.64 Å². The van der Waals surface area contributed by atoms with Gasteiger partial charge >= 0.3 is 5.97 Å². The highest BCUT2D eigenvalue weighted by molar-refractivity contribution is 5.96. The van der Waals surface area contributed by atoms with Gasteiger partial charge in [0, 0.05) is 30.9 Å². The third kappa shape index (κ3) is 3.27. The van der Waals surface area contributed by atoms with Crippen LogP contribution in [0.5, 0.6) is 0 Å². The molecule has 3 heterocycles. The Labute approximate surface area is 192 Å². The van der Waals surface area contributed by atoms with Crippen LogP contribution in [-0.2, 0) is 20.5 Å². The summed E-state index contributed by atoms with van der Waals surface area (Å²) in [7, 11) is 0. The zero-order chi connectivity index (χ0) is 22.5. The van der Waals surface area contributed by atoms with E-state index in [4.69, 9.17) is 4.74 Å². The lowest BCUT2D eigenvalue weighted by molar-refractivity contribution is -0.134. The summed E-state index contributed by atoms with van der Waals surface area (Å²) in [6.45, 7) is 1.04. The Hall–Kier alpha value is -3.73. The van der Waals surface area contributed by atoms with E-state index in [1.165, 1.54) is 0 Å². The number of carbonyl (C=O) groups is 2. The summed E-state index contributed by atoms with van der Waals surface area (Å²) in [6.07, 6.45) is 10.0. The molecule has 1 atom stereocenters. The van der Waals surface area contributed by atoms with Crippen molar-refractivity contribution in [3.05, 3.63) is 101 Å². The fourth-order valence-corrected chi connectivity index (χ4v) is 5.24. The summed E-state index contributed by atoms with van der Waals surface area (Å²) in [5.74, 6) is -0.128. The molecule has 5 heteroatoms. The maximum atomic E-state index is 13.6. The molecule has 33 heavy (non-hydrogen) atoms. The van der Waals surface area contributed by atoms with Crippen molar-refractivity contribution in [1.82, 2.24) is 9.88 Å². The van der Waals surface area contributed by atoms with Gasteiger partial charge in [-0.15, -0.1) is 0 Å². The van der Waals surface area contributed by atoms with Crippen molar-refractivity contribution in [2.24, 2.45) is 0 Å². The van der Waals surface area contributed by atoms with Crippen LogP contribution < -0.4 is 0 Å². The van der Waals surface area contributed by atoms with Gasteiger partial charge in [-0.1, -0.05) is 54.6 Å². The molecule has 6 rings (SSSR count). The first kappa shape index (κ1) is 19.9. The molecule has 164 valence electrons. The molecule has 1 saturated carbocycles. The third-order valence-corrected chi connectivity index (χ3v) is 7.24. The van der Waals surface area contributed by atoms with Gasteiger partial charge in [0.15, 0.2) is 5.60 Å². The number of esters is 1. The Bertz CT molecular complexity index is 1260.